The SMILES string of the molecule is O=c1[nH]c(-c2ccco2)nc2c1CCO2. The molecule has 2 aromatic heterocycles. The third-order valence-corrected chi connectivity index (χ3v) is 2.32. The van der Waals surface area contributed by atoms with Crippen LogP contribution < -0.4 is 10.3 Å². The van der Waals surface area contributed by atoms with Gasteiger partial charge in [-0.3, -0.25) is 4.79 Å². The average Bonchev–Trinajstić information content (AvgIpc) is 2.88. The Hall–Kier alpha value is -2.04. The second-order valence-corrected chi connectivity index (χ2v) is 3.27. The van der Waals surface area contributed by atoms with Crippen LogP contribution >= 0.6 is 0 Å². The minimum absolute atomic E-state index is 0.149. The number of nitrogens with zero attached hydrogens (tertiary/aromatic N) is 1. The molecule has 0 saturated carbocycles. The number of furan rings is 1. The van der Waals surface area contributed by atoms with Crippen LogP contribution in [0.5, 0.6) is 5.88 Å². The summed E-state index contributed by atoms with van der Waals surface area (Å²) >= 11 is 0. The summed E-state index contributed by atoms with van der Waals surface area (Å²) in [6.45, 7) is 0.521. The zero-order valence-corrected chi connectivity index (χ0v) is 7.82. The van der Waals surface area contributed by atoms with E-state index < -0.39 is 0 Å². The van der Waals surface area contributed by atoms with Gasteiger partial charge in [-0.1, -0.05) is 0 Å². The topological polar surface area (TPSA) is 68.1 Å². The maximum atomic E-state index is 11.6. The summed E-state index contributed by atoms with van der Waals surface area (Å²) in [5.74, 6) is 1.36. The van der Waals surface area contributed by atoms with Crippen molar-refractivity contribution < 1.29 is 9.15 Å². The minimum atomic E-state index is -0.149. The van der Waals surface area contributed by atoms with Crippen LogP contribution in [-0.2, 0) is 6.42 Å². The van der Waals surface area contributed by atoms with Crippen molar-refractivity contribution in [1.82, 2.24) is 9.97 Å². The first-order valence-corrected chi connectivity index (χ1v) is 4.64. The highest BCUT2D eigenvalue weighted by atomic mass is 16.5. The normalized spacial score (nSPS) is 13.6. The van der Waals surface area contributed by atoms with Gasteiger partial charge in [0.15, 0.2) is 11.6 Å². The lowest BCUT2D eigenvalue weighted by molar-refractivity contribution is 0.344. The molecule has 3 rings (SSSR count). The zero-order valence-electron chi connectivity index (χ0n) is 7.82. The Morgan fingerprint density at radius 2 is 2.40 bits per heavy atom. The second kappa shape index (κ2) is 2.98. The van der Waals surface area contributed by atoms with Gasteiger partial charge in [0.05, 0.1) is 18.4 Å². The molecular weight excluding hydrogens is 196 g/mol. The highest BCUT2D eigenvalue weighted by Gasteiger charge is 2.19. The zero-order chi connectivity index (χ0) is 10.3. The molecule has 0 aromatic carbocycles. The van der Waals surface area contributed by atoms with E-state index in [2.05, 4.69) is 9.97 Å². The van der Waals surface area contributed by atoms with Gasteiger partial charge in [0.25, 0.3) is 5.56 Å². The van der Waals surface area contributed by atoms with E-state index in [1.165, 1.54) is 6.26 Å². The largest absolute Gasteiger partial charge is 0.477 e. The Labute approximate surface area is 84.7 Å². The Morgan fingerprint density at radius 3 is 3.20 bits per heavy atom. The number of aromatic nitrogens is 2. The number of aromatic amines is 1. The number of H-pyrrole nitrogens is 1. The summed E-state index contributed by atoms with van der Waals surface area (Å²) in [4.78, 5) is 18.5. The predicted octanol–water partition coefficient (Wildman–Crippen LogP) is 0.965. The molecule has 0 atom stereocenters. The fourth-order valence-electron chi connectivity index (χ4n) is 1.60. The number of fused-ring (bicyclic) bond motifs is 1. The molecule has 5 heteroatoms. The van der Waals surface area contributed by atoms with Gasteiger partial charge in [-0.05, 0) is 12.1 Å². The Kier molecular flexibility index (Phi) is 1.65. The molecule has 0 unspecified atom stereocenters. The van der Waals surface area contributed by atoms with Crippen LogP contribution in [0.15, 0.2) is 27.6 Å². The number of rotatable bonds is 1. The van der Waals surface area contributed by atoms with Crippen LogP contribution in [0, 0.1) is 0 Å². The molecular formula is C10H8N2O3. The highest BCUT2D eigenvalue weighted by Crippen LogP contribution is 2.22. The first-order chi connectivity index (χ1) is 7.34. The van der Waals surface area contributed by atoms with Crippen molar-refractivity contribution in [2.45, 2.75) is 6.42 Å². The molecule has 5 nitrogen and oxygen atoms in total. The molecule has 1 N–H and O–H groups in total. The van der Waals surface area contributed by atoms with Gasteiger partial charge in [-0.2, -0.15) is 4.98 Å². The molecule has 1 aliphatic rings. The average molecular weight is 204 g/mol. The third kappa shape index (κ3) is 1.24. The van der Waals surface area contributed by atoms with Crippen molar-refractivity contribution in [1.29, 1.82) is 0 Å². The summed E-state index contributed by atoms with van der Waals surface area (Å²) in [6.07, 6.45) is 2.15. The van der Waals surface area contributed by atoms with Gasteiger partial charge in [0.1, 0.15) is 0 Å². The van der Waals surface area contributed by atoms with E-state index in [-0.39, 0.29) is 5.56 Å². The fraction of sp³-hybridized carbons (Fsp3) is 0.200. The van der Waals surface area contributed by atoms with E-state index >= 15 is 0 Å². The predicted molar refractivity (Wildman–Crippen MR) is 51.8 cm³/mol. The molecule has 0 bridgehead atoms. The van der Waals surface area contributed by atoms with E-state index in [0.29, 0.717) is 36.1 Å². The first kappa shape index (κ1) is 8.28. The molecule has 0 fully saturated rings. The van der Waals surface area contributed by atoms with Crippen molar-refractivity contribution >= 4 is 0 Å². The number of hydrogen-bond acceptors (Lipinski definition) is 4. The van der Waals surface area contributed by atoms with Crippen molar-refractivity contribution in [3.63, 3.8) is 0 Å². The highest BCUT2D eigenvalue weighted by molar-refractivity contribution is 5.48. The van der Waals surface area contributed by atoms with Crippen molar-refractivity contribution in [2.24, 2.45) is 0 Å². The molecule has 0 aliphatic carbocycles. The van der Waals surface area contributed by atoms with Crippen LogP contribution in [0.2, 0.25) is 0 Å². The van der Waals surface area contributed by atoms with E-state index in [4.69, 9.17) is 9.15 Å². The maximum Gasteiger partial charge on any atom is 0.258 e. The summed E-state index contributed by atoms with van der Waals surface area (Å²) in [5.41, 5.74) is 0.467. The number of nitrogens with one attached hydrogen (secondary N) is 1. The third-order valence-electron chi connectivity index (χ3n) is 2.32. The molecule has 0 radical (unpaired) electrons. The molecule has 3 heterocycles. The summed E-state index contributed by atoms with van der Waals surface area (Å²) in [6, 6.07) is 3.48. The van der Waals surface area contributed by atoms with Crippen molar-refractivity contribution in [3.8, 4) is 17.5 Å². The molecule has 1 aliphatic heterocycles. The van der Waals surface area contributed by atoms with Gasteiger partial charge >= 0.3 is 0 Å². The number of ether oxygens (including phenoxy) is 1. The summed E-state index contributed by atoms with van der Waals surface area (Å²) in [5, 5.41) is 0. The van der Waals surface area contributed by atoms with Gasteiger partial charge in [0.2, 0.25) is 5.88 Å². The van der Waals surface area contributed by atoms with Gasteiger partial charge in [-0.15, -0.1) is 0 Å². The number of hydrogen-bond donors (Lipinski definition) is 1. The minimum Gasteiger partial charge on any atom is -0.477 e. The standard InChI is InChI=1S/C10H8N2O3/c13-9-6-3-5-15-10(6)12-8(11-9)7-2-1-4-14-7/h1-2,4H,3,5H2,(H,11,12,13). The fourth-order valence-corrected chi connectivity index (χ4v) is 1.60. The van der Waals surface area contributed by atoms with Crippen LogP contribution in [0.3, 0.4) is 0 Å². The summed E-state index contributed by atoms with van der Waals surface area (Å²) < 4.78 is 10.4. The van der Waals surface area contributed by atoms with Gasteiger partial charge in [0, 0.05) is 6.42 Å². The van der Waals surface area contributed by atoms with Crippen molar-refractivity contribution in [2.75, 3.05) is 6.61 Å². The van der Waals surface area contributed by atoms with Gasteiger partial charge < -0.3 is 14.1 Å². The lowest BCUT2D eigenvalue weighted by Crippen LogP contribution is -2.12. The lowest BCUT2D eigenvalue weighted by Gasteiger charge is -1.99. The monoisotopic (exact) mass is 204 g/mol. The molecule has 0 amide bonds. The van der Waals surface area contributed by atoms with E-state index in [1.54, 1.807) is 12.1 Å². The Bertz CT molecular complexity index is 542. The molecule has 0 spiro atoms. The van der Waals surface area contributed by atoms with Crippen molar-refractivity contribution in [3.05, 3.63) is 34.3 Å². The van der Waals surface area contributed by atoms with E-state index in [0.717, 1.165) is 0 Å². The quantitative estimate of drug-likeness (QED) is 0.751. The van der Waals surface area contributed by atoms with Crippen LogP contribution in [0.1, 0.15) is 5.56 Å². The maximum absolute atomic E-state index is 11.6. The first-order valence-electron chi connectivity index (χ1n) is 4.64. The lowest BCUT2D eigenvalue weighted by atomic mass is 10.2. The van der Waals surface area contributed by atoms with E-state index in [9.17, 15) is 4.79 Å². The summed E-state index contributed by atoms with van der Waals surface area (Å²) in [7, 11) is 0. The van der Waals surface area contributed by atoms with Crippen LogP contribution in [-0.4, -0.2) is 16.6 Å². The van der Waals surface area contributed by atoms with Gasteiger partial charge in [-0.25, -0.2) is 0 Å². The second-order valence-electron chi connectivity index (χ2n) is 3.27. The Balaban J connectivity index is 2.20. The Morgan fingerprint density at radius 1 is 1.47 bits per heavy atom. The molecule has 76 valence electrons. The molecule has 2 aromatic rings. The van der Waals surface area contributed by atoms with E-state index in [1.807, 2.05) is 0 Å². The molecule has 0 saturated heterocycles. The van der Waals surface area contributed by atoms with Crippen LogP contribution in [0.25, 0.3) is 11.6 Å². The smallest absolute Gasteiger partial charge is 0.258 e. The van der Waals surface area contributed by atoms with Crippen LogP contribution in [0.4, 0.5) is 0 Å². The molecule has 15 heavy (non-hydrogen) atoms.